The van der Waals surface area contributed by atoms with Gasteiger partial charge in [-0.1, -0.05) is 0 Å². The Morgan fingerprint density at radius 3 is 3.00 bits per heavy atom. The van der Waals surface area contributed by atoms with Gasteiger partial charge in [-0.2, -0.15) is 0 Å². The number of rotatable bonds is 4. The zero-order valence-corrected chi connectivity index (χ0v) is 10.4. The van der Waals surface area contributed by atoms with Crippen LogP contribution >= 0.6 is 0 Å². The van der Waals surface area contributed by atoms with Crippen molar-refractivity contribution in [1.29, 1.82) is 0 Å². The molecule has 19 heavy (non-hydrogen) atoms. The molecule has 0 aliphatic carbocycles. The van der Waals surface area contributed by atoms with Gasteiger partial charge in [-0.05, 0) is 24.6 Å². The first-order chi connectivity index (χ1) is 9.24. The Morgan fingerprint density at radius 2 is 2.21 bits per heavy atom. The van der Waals surface area contributed by atoms with Gasteiger partial charge in [0, 0.05) is 31.2 Å². The van der Waals surface area contributed by atoms with Crippen molar-refractivity contribution in [2.45, 2.75) is 19.5 Å². The summed E-state index contributed by atoms with van der Waals surface area (Å²) in [6.07, 6.45) is 6.29. The lowest BCUT2D eigenvalue weighted by atomic mass is 10.3. The molecule has 0 amide bonds. The van der Waals surface area contributed by atoms with E-state index in [0.29, 0.717) is 12.2 Å². The minimum Gasteiger partial charge on any atom is -0.399 e. The molecule has 2 aromatic heterocycles. The molecule has 6 nitrogen and oxygen atoms in total. The highest BCUT2D eigenvalue weighted by molar-refractivity contribution is 5.78. The highest BCUT2D eigenvalue weighted by atomic mass is 16.1. The summed E-state index contributed by atoms with van der Waals surface area (Å²) in [5.74, 6) is 0. The Labute approximate surface area is 109 Å². The Hall–Kier alpha value is -2.50. The van der Waals surface area contributed by atoms with Gasteiger partial charge in [0.2, 0.25) is 0 Å². The van der Waals surface area contributed by atoms with Gasteiger partial charge in [0.05, 0.1) is 17.4 Å². The maximum Gasteiger partial charge on any atom is 0.326 e. The molecule has 6 heteroatoms. The Balaban J connectivity index is 1.82. The summed E-state index contributed by atoms with van der Waals surface area (Å²) < 4.78 is 3.72. The molecule has 0 unspecified atom stereocenters. The molecule has 0 saturated carbocycles. The van der Waals surface area contributed by atoms with E-state index in [1.807, 2.05) is 22.9 Å². The maximum atomic E-state index is 11.9. The van der Waals surface area contributed by atoms with Gasteiger partial charge < -0.3 is 15.3 Å². The van der Waals surface area contributed by atoms with Crippen molar-refractivity contribution in [2.75, 3.05) is 5.73 Å². The molecule has 0 aliphatic heterocycles. The van der Waals surface area contributed by atoms with Crippen molar-refractivity contribution in [2.24, 2.45) is 0 Å². The summed E-state index contributed by atoms with van der Waals surface area (Å²) in [7, 11) is 0. The van der Waals surface area contributed by atoms with Gasteiger partial charge in [-0.25, -0.2) is 9.78 Å². The van der Waals surface area contributed by atoms with Crippen molar-refractivity contribution in [1.82, 2.24) is 19.1 Å². The lowest BCUT2D eigenvalue weighted by Crippen LogP contribution is -2.17. The molecular weight excluding hydrogens is 242 g/mol. The first-order valence-electron chi connectivity index (χ1n) is 6.18. The molecule has 0 atom stereocenters. The average Bonchev–Trinajstić information content (AvgIpc) is 2.99. The number of aryl methyl sites for hydroxylation is 2. The lowest BCUT2D eigenvalue weighted by Gasteiger charge is -2.04. The highest BCUT2D eigenvalue weighted by Gasteiger charge is 2.06. The SMILES string of the molecule is Nc1ccc2[nH]c(=O)n(CCCn3ccnc3)c2c1. The van der Waals surface area contributed by atoms with E-state index in [2.05, 4.69) is 9.97 Å². The quantitative estimate of drug-likeness (QED) is 0.689. The van der Waals surface area contributed by atoms with Crippen molar-refractivity contribution in [3.63, 3.8) is 0 Å². The fourth-order valence-corrected chi connectivity index (χ4v) is 2.22. The summed E-state index contributed by atoms with van der Waals surface area (Å²) in [4.78, 5) is 18.7. The third kappa shape index (κ3) is 2.24. The van der Waals surface area contributed by atoms with Crippen LogP contribution in [0.25, 0.3) is 11.0 Å². The van der Waals surface area contributed by atoms with Crippen LogP contribution in [-0.2, 0) is 13.1 Å². The van der Waals surface area contributed by atoms with E-state index in [0.717, 1.165) is 24.0 Å². The second kappa shape index (κ2) is 4.64. The molecule has 0 aliphatic rings. The molecule has 0 radical (unpaired) electrons. The zero-order valence-electron chi connectivity index (χ0n) is 10.4. The van der Waals surface area contributed by atoms with Gasteiger partial charge in [0.1, 0.15) is 0 Å². The minimum atomic E-state index is -0.0915. The van der Waals surface area contributed by atoms with E-state index in [-0.39, 0.29) is 5.69 Å². The first-order valence-corrected chi connectivity index (χ1v) is 6.18. The molecule has 3 aromatic rings. The normalized spacial score (nSPS) is 11.2. The summed E-state index contributed by atoms with van der Waals surface area (Å²) >= 11 is 0. The lowest BCUT2D eigenvalue weighted by molar-refractivity contribution is 0.562. The summed E-state index contributed by atoms with van der Waals surface area (Å²) in [5.41, 5.74) is 8.01. The number of imidazole rings is 2. The van der Waals surface area contributed by atoms with Gasteiger partial charge in [0.15, 0.2) is 0 Å². The zero-order chi connectivity index (χ0) is 13.2. The van der Waals surface area contributed by atoms with Crippen molar-refractivity contribution >= 4 is 16.7 Å². The number of hydrogen-bond acceptors (Lipinski definition) is 3. The molecule has 3 rings (SSSR count). The van der Waals surface area contributed by atoms with E-state index in [9.17, 15) is 4.79 Å². The van der Waals surface area contributed by atoms with Crippen LogP contribution in [0.5, 0.6) is 0 Å². The van der Waals surface area contributed by atoms with E-state index < -0.39 is 0 Å². The number of H-pyrrole nitrogens is 1. The van der Waals surface area contributed by atoms with Crippen LogP contribution in [0, 0.1) is 0 Å². The number of hydrogen-bond donors (Lipinski definition) is 2. The monoisotopic (exact) mass is 257 g/mol. The summed E-state index contributed by atoms with van der Waals surface area (Å²) in [5, 5.41) is 0. The second-order valence-electron chi connectivity index (χ2n) is 4.51. The fourth-order valence-electron chi connectivity index (χ4n) is 2.22. The number of nitrogens with two attached hydrogens (primary N) is 1. The summed E-state index contributed by atoms with van der Waals surface area (Å²) in [6.45, 7) is 1.49. The van der Waals surface area contributed by atoms with Gasteiger partial charge in [0.25, 0.3) is 0 Å². The number of aromatic nitrogens is 4. The maximum absolute atomic E-state index is 11.9. The molecule has 0 bridgehead atoms. The number of fused-ring (bicyclic) bond motifs is 1. The molecule has 0 saturated heterocycles. The minimum absolute atomic E-state index is 0.0915. The topological polar surface area (TPSA) is 81.6 Å². The Kier molecular flexibility index (Phi) is 2.83. The van der Waals surface area contributed by atoms with Gasteiger partial charge >= 0.3 is 5.69 Å². The molecule has 0 fully saturated rings. The third-order valence-corrected chi connectivity index (χ3v) is 3.16. The smallest absolute Gasteiger partial charge is 0.326 e. The largest absolute Gasteiger partial charge is 0.399 e. The number of nitrogens with zero attached hydrogens (tertiary/aromatic N) is 3. The van der Waals surface area contributed by atoms with E-state index in [1.54, 1.807) is 23.2 Å². The Morgan fingerprint density at radius 1 is 1.32 bits per heavy atom. The van der Waals surface area contributed by atoms with Crippen molar-refractivity contribution in [3.05, 3.63) is 47.4 Å². The highest BCUT2D eigenvalue weighted by Crippen LogP contribution is 2.14. The standard InChI is InChI=1S/C13H15N5O/c14-10-2-3-11-12(8-10)18(13(19)16-11)6-1-5-17-7-4-15-9-17/h2-4,7-9H,1,5-6,14H2,(H,16,19). The average molecular weight is 257 g/mol. The van der Waals surface area contributed by atoms with E-state index >= 15 is 0 Å². The van der Waals surface area contributed by atoms with Crippen molar-refractivity contribution in [3.8, 4) is 0 Å². The van der Waals surface area contributed by atoms with E-state index in [1.165, 1.54) is 0 Å². The van der Waals surface area contributed by atoms with Crippen LogP contribution in [-0.4, -0.2) is 19.1 Å². The number of anilines is 1. The van der Waals surface area contributed by atoms with Crippen LogP contribution in [0.15, 0.2) is 41.7 Å². The third-order valence-electron chi connectivity index (χ3n) is 3.16. The number of benzene rings is 1. The van der Waals surface area contributed by atoms with Crippen LogP contribution in [0.3, 0.4) is 0 Å². The van der Waals surface area contributed by atoms with Crippen LogP contribution < -0.4 is 11.4 Å². The van der Waals surface area contributed by atoms with Gasteiger partial charge in [-0.3, -0.25) is 4.57 Å². The predicted octanol–water partition coefficient (Wildman–Crippen LogP) is 1.20. The van der Waals surface area contributed by atoms with E-state index in [4.69, 9.17) is 5.73 Å². The van der Waals surface area contributed by atoms with Crippen LogP contribution in [0.2, 0.25) is 0 Å². The molecule has 3 N–H and O–H groups in total. The number of aromatic amines is 1. The molecular formula is C13H15N5O. The molecule has 1 aromatic carbocycles. The Bertz CT molecular complexity index is 738. The molecule has 98 valence electrons. The van der Waals surface area contributed by atoms with Crippen LogP contribution in [0.4, 0.5) is 5.69 Å². The second-order valence-corrected chi connectivity index (χ2v) is 4.51. The molecule has 0 spiro atoms. The van der Waals surface area contributed by atoms with Gasteiger partial charge in [-0.15, -0.1) is 0 Å². The van der Waals surface area contributed by atoms with Crippen LogP contribution in [0.1, 0.15) is 6.42 Å². The fraction of sp³-hybridized carbons (Fsp3) is 0.231. The molecule has 2 heterocycles. The van der Waals surface area contributed by atoms with Crippen molar-refractivity contribution < 1.29 is 0 Å². The number of nitrogen functional groups attached to an aromatic ring is 1. The first kappa shape index (κ1) is 11.6. The summed E-state index contributed by atoms with van der Waals surface area (Å²) in [6, 6.07) is 5.44. The number of nitrogens with one attached hydrogen (secondary N) is 1. The predicted molar refractivity (Wildman–Crippen MR) is 73.8 cm³/mol.